The van der Waals surface area contributed by atoms with E-state index in [1.807, 2.05) is 0 Å². The Kier molecular flexibility index (Phi) is 5.26. The molecule has 4 nitrogen and oxygen atoms in total. The summed E-state index contributed by atoms with van der Waals surface area (Å²) in [7, 11) is 4.45. The SMILES string of the molecule is COc1cc(C(O)c2cc(Br)ccc2F)cc(OC)c1OC. The van der Waals surface area contributed by atoms with Crippen LogP contribution < -0.4 is 14.2 Å². The molecule has 6 heteroatoms. The van der Waals surface area contributed by atoms with Crippen molar-refractivity contribution in [2.45, 2.75) is 6.10 Å². The van der Waals surface area contributed by atoms with Gasteiger partial charge in [0.25, 0.3) is 0 Å². The fourth-order valence-electron chi connectivity index (χ4n) is 2.16. The Morgan fingerprint density at radius 1 is 1.00 bits per heavy atom. The fraction of sp³-hybridized carbons (Fsp3) is 0.250. The largest absolute Gasteiger partial charge is 0.493 e. The van der Waals surface area contributed by atoms with Gasteiger partial charge in [-0.1, -0.05) is 15.9 Å². The highest BCUT2D eigenvalue weighted by Crippen LogP contribution is 2.41. The standard InChI is InChI=1S/C16H16BrFO4/c1-20-13-6-9(7-14(21-2)16(13)22-3)15(19)11-8-10(17)4-5-12(11)18/h4-8,15,19H,1-3H3. The van der Waals surface area contributed by atoms with E-state index in [1.165, 1.54) is 33.5 Å². The maximum atomic E-state index is 13.9. The Bertz CT molecular complexity index is 650. The molecule has 1 unspecified atom stereocenters. The summed E-state index contributed by atoms with van der Waals surface area (Å²) < 4.78 is 30.3. The first-order chi connectivity index (χ1) is 10.5. The number of benzene rings is 2. The fourth-order valence-corrected chi connectivity index (χ4v) is 2.54. The van der Waals surface area contributed by atoms with E-state index in [0.717, 1.165) is 0 Å². The quantitative estimate of drug-likeness (QED) is 0.871. The molecule has 2 aromatic carbocycles. The second kappa shape index (κ2) is 6.98. The van der Waals surface area contributed by atoms with E-state index in [-0.39, 0.29) is 5.56 Å². The number of aliphatic hydroxyl groups excluding tert-OH is 1. The molecule has 0 bridgehead atoms. The molecule has 2 aromatic rings. The molecule has 1 atom stereocenters. The van der Waals surface area contributed by atoms with Crippen molar-refractivity contribution in [2.75, 3.05) is 21.3 Å². The normalized spacial score (nSPS) is 11.9. The molecule has 22 heavy (non-hydrogen) atoms. The smallest absolute Gasteiger partial charge is 0.203 e. The van der Waals surface area contributed by atoms with Crippen molar-refractivity contribution in [3.05, 3.63) is 51.7 Å². The van der Waals surface area contributed by atoms with Crippen LogP contribution in [-0.2, 0) is 0 Å². The van der Waals surface area contributed by atoms with Crippen molar-refractivity contribution in [2.24, 2.45) is 0 Å². The number of hydrogen-bond acceptors (Lipinski definition) is 4. The lowest BCUT2D eigenvalue weighted by atomic mass is 10.00. The van der Waals surface area contributed by atoms with Gasteiger partial charge in [0.05, 0.1) is 21.3 Å². The highest BCUT2D eigenvalue weighted by atomic mass is 79.9. The second-order valence-electron chi connectivity index (χ2n) is 4.53. The monoisotopic (exact) mass is 370 g/mol. The molecule has 0 saturated carbocycles. The zero-order valence-corrected chi connectivity index (χ0v) is 14.0. The van der Waals surface area contributed by atoms with E-state index in [1.54, 1.807) is 18.2 Å². The number of rotatable bonds is 5. The van der Waals surface area contributed by atoms with Crippen LogP contribution in [0.3, 0.4) is 0 Å². The molecule has 0 radical (unpaired) electrons. The Labute approximate surface area is 136 Å². The molecule has 0 aromatic heterocycles. The molecule has 0 amide bonds. The third-order valence-corrected chi connectivity index (χ3v) is 3.75. The van der Waals surface area contributed by atoms with E-state index < -0.39 is 11.9 Å². The minimum atomic E-state index is -1.16. The lowest BCUT2D eigenvalue weighted by molar-refractivity contribution is 0.213. The third kappa shape index (κ3) is 3.18. The van der Waals surface area contributed by atoms with Gasteiger partial charge in [0, 0.05) is 10.0 Å². The maximum Gasteiger partial charge on any atom is 0.203 e. The molecule has 2 rings (SSSR count). The summed E-state index contributed by atoms with van der Waals surface area (Å²) in [6.45, 7) is 0. The van der Waals surface area contributed by atoms with Gasteiger partial charge in [0.15, 0.2) is 11.5 Å². The Balaban J connectivity index is 2.54. The van der Waals surface area contributed by atoms with Gasteiger partial charge >= 0.3 is 0 Å². The first-order valence-electron chi connectivity index (χ1n) is 6.44. The van der Waals surface area contributed by atoms with Crippen LogP contribution in [0.4, 0.5) is 4.39 Å². The van der Waals surface area contributed by atoms with Crippen LogP contribution >= 0.6 is 15.9 Å². The van der Waals surface area contributed by atoms with Crippen molar-refractivity contribution in [3.63, 3.8) is 0 Å². The highest BCUT2D eigenvalue weighted by molar-refractivity contribution is 9.10. The van der Waals surface area contributed by atoms with Gasteiger partial charge in [-0.05, 0) is 35.9 Å². The predicted molar refractivity (Wildman–Crippen MR) is 84.3 cm³/mol. The van der Waals surface area contributed by atoms with Crippen LogP contribution in [0.25, 0.3) is 0 Å². The third-order valence-electron chi connectivity index (χ3n) is 3.26. The Morgan fingerprint density at radius 2 is 1.59 bits per heavy atom. The van der Waals surface area contributed by atoms with E-state index >= 15 is 0 Å². The van der Waals surface area contributed by atoms with E-state index in [4.69, 9.17) is 14.2 Å². The van der Waals surface area contributed by atoms with Crippen LogP contribution in [0.5, 0.6) is 17.2 Å². The molecule has 0 aliphatic rings. The summed E-state index contributed by atoms with van der Waals surface area (Å²) >= 11 is 3.27. The van der Waals surface area contributed by atoms with Crippen molar-refractivity contribution < 1.29 is 23.7 Å². The minimum absolute atomic E-state index is 0.156. The Hall–Kier alpha value is -1.79. The first kappa shape index (κ1) is 16.6. The van der Waals surface area contributed by atoms with Gasteiger partial charge < -0.3 is 19.3 Å². The van der Waals surface area contributed by atoms with Crippen molar-refractivity contribution in [1.82, 2.24) is 0 Å². The molecule has 118 valence electrons. The van der Waals surface area contributed by atoms with Crippen LogP contribution in [0.1, 0.15) is 17.2 Å². The molecule has 0 saturated heterocycles. The minimum Gasteiger partial charge on any atom is -0.493 e. The number of methoxy groups -OCH3 is 3. The molecule has 1 N–H and O–H groups in total. The second-order valence-corrected chi connectivity index (χ2v) is 5.44. The molecule has 0 spiro atoms. The van der Waals surface area contributed by atoms with Crippen molar-refractivity contribution >= 4 is 15.9 Å². The lowest BCUT2D eigenvalue weighted by Crippen LogP contribution is -2.05. The van der Waals surface area contributed by atoms with Gasteiger partial charge in [0.2, 0.25) is 5.75 Å². The number of hydrogen-bond donors (Lipinski definition) is 1. The average molecular weight is 371 g/mol. The average Bonchev–Trinajstić information content (AvgIpc) is 2.54. The van der Waals surface area contributed by atoms with Gasteiger partial charge in [-0.3, -0.25) is 0 Å². The summed E-state index contributed by atoms with van der Waals surface area (Å²) in [6, 6.07) is 7.57. The lowest BCUT2D eigenvalue weighted by Gasteiger charge is -2.18. The predicted octanol–water partition coefficient (Wildman–Crippen LogP) is 3.70. The van der Waals surface area contributed by atoms with Gasteiger partial charge in [-0.15, -0.1) is 0 Å². The van der Waals surface area contributed by atoms with Gasteiger partial charge in [-0.2, -0.15) is 0 Å². The van der Waals surface area contributed by atoms with Crippen LogP contribution in [0.2, 0.25) is 0 Å². The molecular formula is C16H16BrFO4. The first-order valence-corrected chi connectivity index (χ1v) is 7.24. The highest BCUT2D eigenvalue weighted by Gasteiger charge is 2.20. The topological polar surface area (TPSA) is 47.9 Å². The summed E-state index contributed by atoms with van der Waals surface area (Å²) in [5.41, 5.74) is 0.593. The van der Waals surface area contributed by atoms with Gasteiger partial charge in [-0.25, -0.2) is 4.39 Å². The Morgan fingerprint density at radius 3 is 2.09 bits per heavy atom. The number of aliphatic hydroxyl groups is 1. The number of halogens is 2. The summed E-state index contributed by atoms with van der Waals surface area (Å²) in [4.78, 5) is 0. The molecule has 0 fully saturated rings. The van der Waals surface area contributed by atoms with Crippen molar-refractivity contribution in [3.8, 4) is 17.2 Å². The number of ether oxygens (including phenoxy) is 3. The molecule has 0 aliphatic heterocycles. The van der Waals surface area contributed by atoms with Crippen LogP contribution in [-0.4, -0.2) is 26.4 Å². The van der Waals surface area contributed by atoms with Crippen LogP contribution in [0, 0.1) is 5.82 Å². The summed E-state index contributed by atoms with van der Waals surface area (Å²) in [5.74, 6) is 0.706. The maximum absolute atomic E-state index is 13.9. The summed E-state index contributed by atoms with van der Waals surface area (Å²) in [5, 5.41) is 10.5. The molecule has 0 heterocycles. The zero-order chi connectivity index (χ0) is 16.3. The van der Waals surface area contributed by atoms with E-state index in [0.29, 0.717) is 27.3 Å². The zero-order valence-electron chi connectivity index (χ0n) is 12.4. The van der Waals surface area contributed by atoms with Gasteiger partial charge in [0.1, 0.15) is 11.9 Å². The summed E-state index contributed by atoms with van der Waals surface area (Å²) in [6.07, 6.45) is -1.16. The van der Waals surface area contributed by atoms with Crippen LogP contribution in [0.15, 0.2) is 34.8 Å². The van der Waals surface area contributed by atoms with Crippen molar-refractivity contribution in [1.29, 1.82) is 0 Å². The van der Waals surface area contributed by atoms with E-state index in [2.05, 4.69) is 15.9 Å². The molecular weight excluding hydrogens is 355 g/mol. The molecule has 0 aliphatic carbocycles. The van der Waals surface area contributed by atoms with E-state index in [9.17, 15) is 9.50 Å².